The quantitative estimate of drug-likeness (QED) is 0.271. The lowest BCUT2D eigenvalue weighted by Crippen LogP contribution is -2.43. The number of aliphatic imine (C=N–C) groups is 1. The van der Waals surface area contributed by atoms with Gasteiger partial charge in [0.2, 0.25) is 0 Å². The van der Waals surface area contributed by atoms with Crippen LogP contribution in [0.4, 0.5) is 8.78 Å². The predicted octanol–water partition coefficient (Wildman–Crippen LogP) is 4.61. The first kappa shape index (κ1) is 31.1. The number of benzene rings is 3. The van der Waals surface area contributed by atoms with Crippen LogP contribution in [0.25, 0.3) is 0 Å². The Hall–Kier alpha value is -4.83. The van der Waals surface area contributed by atoms with Gasteiger partial charge in [0.25, 0.3) is 11.8 Å². The molecule has 1 aliphatic rings. The summed E-state index contributed by atoms with van der Waals surface area (Å²) >= 11 is 0. The Morgan fingerprint density at radius 1 is 1.07 bits per heavy atom. The van der Waals surface area contributed by atoms with Crippen LogP contribution in [0.2, 0.25) is 0 Å². The lowest BCUT2D eigenvalue weighted by molar-refractivity contribution is -0.130. The Labute approximate surface area is 250 Å². The van der Waals surface area contributed by atoms with Gasteiger partial charge in [-0.3, -0.25) is 18.7 Å². The molecule has 0 aromatic heterocycles. The summed E-state index contributed by atoms with van der Waals surface area (Å²) in [7, 11) is -0.986. The minimum absolute atomic E-state index is 0.0129. The summed E-state index contributed by atoms with van der Waals surface area (Å²) in [4.78, 5) is 35.1. The zero-order valence-electron chi connectivity index (χ0n) is 23.9. The number of carbonyl (C=O) groups excluding carboxylic acids is 2. The molecule has 0 spiro atoms. The summed E-state index contributed by atoms with van der Waals surface area (Å²) in [5.74, 6) is 1.78. The molecular weight excluding hydrogens is 570 g/mol. The highest BCUT2D eigenvalue weighted by Gasteiger charge is 2.50. The number of halogens is 2. The fraction of sp³-hybridized carbons (Fsp3) is 0.152. The summed E-state index contributed by atoms with van der Waals surface area (Å²) in [6, 6.07) is 17.4. The molecule has 1 aliphatic heterocycles. The highest BCUT2D eigenvalue weighted by molar-refractivity contribution is 8.03. The average Bonchev–Trinajstić information content (AvgIpc) is 3.22. The largest absolute Gasteiger partial charge is 0.369 e. The van der Waals surface area contributed by atoms with E-state index in [4.69, 9.17) is 5.73 Å². The maximum atomic E-state index is 14.1. The maximum Gasteiger partial charge on any atom is 0.266 e. The number of likely N-dealkylation sites (N-methyl/N-ethyl adjacent to an activating group) is 1. The average molecular weight is 603 g/mol. The molecule has 0 fully saturated rings. The zero-order chi connectivity index (χ0) is 31.5. The molecule has 10 heteroatoms. The Bertz CT molecular complexity index is 1720. The van der Waals surface area contributed by atoms with E-state index in [0.29, 0.717) is 32.7 Å². The van der Waals surface area contributed by atoms with Crippen LogP contribution in [0.1, 0.15) is 27.0 Å². The van der Waals surface area contributed by atoms with E-state index in [1.54, 1.807) is 37.4 Å². The number of amides is 2. The van der Waals surface area contributed by atoms with Crippen molar-refractivity contribution in [2.75, 3.05) is 19.8 Å². The number of hydrogen-bond acceptors (Lipinski definition) is 5. The summed E-state index contributed by atoms with van der Waals surface area (Å²) in [5, 5.41) is 0. The van der Waals surface area contributed by atoms with E-state index in [1.165, 1.54) is 70.7 Å². The molecule has 2 amide bonds. The van der Waals surface area contributed by atoms with Crippen molar-refractivity contribution in [3.63, 3.8) is 0 Å². The Balaban J connectivity index is 1.62. The first-order chi connectivity index (χ1) is 20.3. The third kappa shape index (κ3) is 6.34. The van der Waals surface area contributed by atoms with Gasteiger partial charge in [0, 0.05) is 30.3 Å². The number of hydrogen-bond donors (Lipinski definition) is 1. The third-order valence-corrected chi connectivity index (χ3v) is 8.41. The smallest absolute Gasteiger partial charge is 0.266 e. The first-order valence-electron chi connectivity index (χ1n) is 13.1. The molecule has 0 radical (unpaired) electrons. The second-order valence-corrected chi connectivity index (χ2v) is 12.8. The lowest BCUT2D eigenvalue weighted by atomic mass is 9.82. The molecule has 0 saturated carbocycles. The van der Waals surface area contributed by atoms with Crippen molar-refractivity contribution < 1.29 is 22.6 Å². The fourth-order valence-electron chi connectivity index (χ4n) is 4.84. The van der Waals surface area contributed by atoms with Gasteiger partial charge in [-0.2, -0.15) is 0 Å². The van der Waals surface area contributed by atoms with Gasteiger partial charge in [0.1, 0.15) is 11.6 Å². The highest BCUT2D eigenvalue weighted by Crippen LogP contribution is 2.40. The van der Waals surface area contributed by atoms with Crippen molar-refractivity contribution in [1.82, 2.24) is 9.80 Å². The second kappa shape index (κ2) is 12.2. The van der Waals surface area contributed by atoms with E-state index in [0.717, 1.165) is 0 Å². The number of guanidine groups is 1. The van der Waals surface area contributed by atoms with Crippen molar-refractivity contribution in [1.29, 1.82) is 0 Å². The molecule has 0 saturated heterocycles. The molecule has 7 nitrogen and oxygen atoms in total. The molecule has 1 unspecified atom stereocenters. The van der Waals surface area contributed by atoms with Crippen molar-refractivity contribution in [2.24, 2.45) is 10.7 Å². The number of rotatable bonds is 10. The summed E-state index contributed by atoms with van der Waals surface area (Å²) in [6.45, 7) is 7.68. The molecule has 3 aromatic rings. The topological polar surface area (TPSA) is 96.1 Å². The van der Waals surface area contributed by atoms with Gasteiger partial charge in [-0.1, -0.05) is 61.7 Å². The van der Waals surface area contributed by atoms with Crippen LogP contribution in [-0.2, 0) is 26.4 Å². The van der Waals surface area contributed by atoms with E-state index in [2.05, 4.69) is 24.0 Å². The van der Waals surface area contributed by atoms with Gasteiger partial charge in [-0.25, -0.2) is 13.8 Å². The summed E-state index contributed by atoms with van der Waals surface area (Å²) < 4.78 is 40.0. The van der Waals surface area contributed by atoms with E-state index < -0.39 is 32.6 Å². The molecule has 222 valence electrons. The van der Waals surface area contributed by atoms with Crippen molar-refractivity contribution in [3.8, 4) is 0 Å². The molecular formula is C33H32F2N4O3S. The molecule has 0 aliphatic carbocycles. The lowest BCUT2D eigenvalue weighted by Gasteiger charge is -2.27. The minimum Gasteiger partial charge on any atom is -0.369 e. The third-order valence-electron chi connectivity index (χ3n) is 7.10. The number of carbonyl (C=O) groups is 2. The minimum atomic E-state index is -2.59. The second-order valence-electron chi connectivity index (χ2n) is 10.3. The first-order valence-corrected chi connectivity index (χ1v) is 15.3. The van der Waals surface area contributed by atoms with E-state index in [-0.39, 0.29) is 25.0 Å². The van der Waals surface area contributed by atoms with Crippen LogP contribution in [0.5, 0.6) is 0 Å². The van der Waals surface area contributed by atoms with Gasteiger partial charge in [0.15, 0.2) is 11.5 Å². The highest BCUT2D eigenvalue weighted by atomic mass is 32.2. The van der Waals surface area contributed by atoms with Crippen LogP contribution in [0.3, 0.4) is 0 Å². The fourth-order valence-corrected chi connectivity index (χ4v) is 5.53. The van der Waals surface area contributed by atoms with Crippen molar-refractivity contribution >= 4 is 33.2 Å². The molecule has 1 atom stereocenters. The van der Waals surface area contributed by atoms with Crippen LogP contribution >= 0.6 is 0 Å². The van der Waals surface area contributed by atoms with Gasteiger partial charge in [0.05, 0.1) is 6.54 Å². The molecule has 1 heterocycles. The van der Waals surface area contributed by atoms with E-state index in [9.17, 15) is 22.6 Å². The summed E-state index contributed by atoms with van der Waals surface area (Å²) in [5.41, 5.74) is 6.89. The number of nitrogens with two attached hydrogens (primary N) is 1. The Morgan fingerprint density at radius 2 is 1.63 bits per heavy atom. The monoisotopic (exact) mass is 602 g/mol. The molecule has 4 rings (SSSR count). The van der Waals surface area contributed by atoms with Crippen LogP contribution < -0.4 is 5.73 Å². The molecule has 0 bridgehead atoms. The maximum absolute atomic E-state index is 14.1. The van der Waals surface area contributed by atoms with Gasteiger partial charge in [-0.05, 0) is 74.1 Å². The van der Waals surface area contributed by atoms with Crippen LogP contribution in [0.15, 0.2) is 114 Å². The van der Waals surface area contributed by atoms with Gasteiger partial charge in [-0.15, -0.1) is 0 Å². The van der Waals surface area contributed by atoms with E-state index >= 15 is 0 Å². The molecule has 43 heavy (non-hydrogen) atoms. The Kier molecular flexibility index (Phi) is 8.82. The predicted molar refractivity (Wildman–Crippen MR) is 168 cm³/mol. The van der Waals surface area contributed by atoms with Crippen LogP contribution in [0, 0.1) is 11.6 Å². The zero-order valence-corrected chi connectivity index (χ0v) is 24.7. The molecule has 2 N–H and O–H groups in total. The van der Waals surface area contributed by atoms with Crippen molar-refractivity contribution in [3.05, 3.63) is 142 Å². The summed E-state index contributed by atoms with van der Waals surface area (Å²) in [6.07, 6.45) is 4.65. The van der Waals surface area contributed by atoms with Crippen molar-refractivity contribution in [2.45, 2.75) is 12.1 Å². The van der Waals surface area contributed by atoms with E-state index in [1.807, 2.05) is 0 Å². The molecule has 3 aromatic carbocycles. The number of nitrogens with zero attached hydrogens (tertiary/aromatic N) is 3. The standard InChI is InChI=1S/C33H32F2N4O3S/c1-6-8-25(22(2)43(4,5)42)21-38(3)30(40)24-10-7-9-23(19-24)20-39-31(41)33(37-32(39)36,26-11-15-28(34)16-12-26)27-13-17-29(35)18-14-27/h6-19H,1-2,4,20-21H2,3,5H3,(H2,36,37)/b25-8-. The van der Waals surface area contributed by atoms with Gasteiger partial charge < -0.3 is 10.6 Å². The SMILES string of the molecule is C=C/C=C(/CN(C)C(=O)c1cccc(CN2C(=O)C(c3ccc(F)cc3)(c3ccc(F)cc3)N=C2N)c1)C(=C)S(=C)(C)=O. The number of allylic oxidation sites excluding steroid dienone is 2. The normalized spacial score (nSPS) is 15.9. The van der Waals surface area contributed by atoms with Crippen LogP contribution in [-0.4, -0.2) is 57.5 Å². The van der Waals surface area contributed by atoms with Gasteiger partial charge >= 0.3 is 0 Å². The Morgan fingerprint density at radius 3 is 2.14 bits per heavy atom.